The van der Waals surface area contributed by atoms with Gasteiger partial charge in [0.1, 0.15) is 12.2 Å². The van der Waals surface area contributed by atoms with Crippen molar-refractivity contribution in [1.29, 1.82) is 0 Å². The number of carbonyl (C=O) groups is 2. The number of hydrogen-bond donors (Lipinski definition) is 2. The Labute approximate surface area is 136 Å². The highest BCUT2D eigenvalue weighted by Crippen LogP contribution is 2.26. The molecule has 1 amide bonds. The van der Waals surface area contributed by atoms with Gasteiger partial charge in [0.25, 0.3) is 5.91 Å². The molecule has 2 N–H and O–H groups in total. The van der Waals surface area contributed by atoms with Crippen LogP contribution in [0.2, 0.25) is 0 Å². The summed E-state index contributed by atoms with van der Waals surface area (Å²) < 4.78 is 4.98. The molecule has 5 nitrogen and oxygen atoms in total. The van der Waals surface area contributed by atoms with Crippen molar-refractivity contribution in [3.63, 3.8) is 0 Å². The fraction of sp³-hybridized carbons (Fsp3) is 0.444. The van der Waals surface area contributed by atoms with Crippen LogP contribution in [0.25, 0.3) is 10.9 Å². The number of rotatable bonds is 4. The number of hydrogen-bond acceptors (Lipinski definition) is 3. The van der Waals surface area contributed by atoms with E-state index in [2.05, 4.69) is 43.2 Å². The van der Waals surface area contributed by atoms with Crippen molar-refractivity contribution < 1.29 is 14.3 Å². The maximum absolute atomic E-state index is 12.1. The Morgan fingerprint density at radius 3 is 2.52 bits per heavy atom. The molecule has 0 spiro atoms. The fourth-order valence-corrected chi connectivity index (χ4v) is 2.27. The second-order valence-corrected chi connectivity index (χ2v) is 6.96. The zero-order valence-corrected chi connectivity index (χ0v) is 14.3. The Morgan fingerprint density at radius 1 is 1.22 bits per heavy atom. The van der Waals surface area contributed by atoms with Crippen LogP contribution in [0.3, 0.4) is 0 Å². The molecule has 2 rings (SSSR count). The fourth-order valence-electron chi connectivity index (χ4n) is 2.27. The quantitative estimate of drug-likeness (QED) is 0.851. The van der Waals surface area contributed by atoms with Crippen molar-refractivity contribution >= 4 is 22.8 Å². The third kappa shape index (κ3) is 4.34. The molecule has 1 heterocycles. The van der Waals surface area contributed by atoms with E-state index in [9.17, 15) is 9.59 Å². The molecule has 124 valence electrons. The average Bonchev–Trinajstić information content (AvgIpc) is 2.86. The van der Waals surface area contributed by atoms with Crippen LogP contribution in [0.1, 0.15) is 50.7 Å². The SMILES string of the molecule is CC(C)OC(=O)CNC(=O)c1cc2ccc(C(C)(C)C)cc2[nH]1. The first-order valence-corrected chi connectivity index (χ1v) is 7.78. The Balaban J connectivity index is 2.11. The molecule has 0 radical (unpaired) electrons. The molecule has 0 aliphatic carbocycles. The Morgan fingerprint density at radius 2 is 1.91 bits per heavy atom. The Kier molecular flexibility index (Phi) is 4.78. The zero-order valence-electron chi connectivity index (χ0n) is 14.3. The van der Waals surface area contributed by atoms with E-state index < -0.39 is 5.97 Å². The summed E-state index contributed by atoms with van der Waals surface area (Å²) in [6.07, 6.45) is -0.191. The van der Waals surface area contributed by atoms with E-state index in [1.807, 2.05) is 6.07 Å². The number of fused-ring (bicyclic) bond motifs is 1. The normalized spacial score (nSPS) is 11.7. The van der Waals surface area contributed by atoms with Crippen molar-refractivity contribution in [1.82, 2.24) is 10.3 Å². The van der Waals surface area contributed by atoms with Crippen LogP contribution in [0.4, 0.5) is 0 Å². The Bertz CT molecular complexity index is 723. The number of nitrogens with one attached hydrogen (secondary N) is 2. The molecule has 0 saturated carbocycles. The molecule has 0 aliphatic heterocycles. The summed E-state index contributed by atoms with van der Waals surface area (Å²) in [7, 11) is 0. The monoisotopic (exact) mass is 316 g/mol. The molecule has 0 atom stereocenters. The van der Waals surface area contributed by atoms with Gasteiger partial charge in [-0.05, 0) is 37.0 Å². The van der Waals surface area contributed by atoms with Gasteiger partial charge in [-0.3, -0.25) is 9.59 Å². The molecule has 1 aromatic heterocycles. The molecular weight excluding hydrogens is 292 g/mol. The van der Waals surface area contributed by atoms with Crippen molar-refractivity contribution in [3.8, 4) is 0 Å². The molecular formula is C18H24N2O3. The maximum atomic E-state index is 12.1. The number of amides is 1. The minimum Gasteiger partial charge on any atom is -0.462 e. The molecule has 0 bridgehead atoms. The summed E-state index contributed by atoms with van der Waals surface area (Å²) in [4.78, 5) is 26.7. The smallest absolute Gasteiger partial charge is 0.325 e. The number of H-pyrrole nitrogens is 1. The highest BCUT2D eigenvalue weighted by Gasteiger charge is 2.16. The van der Waals surface area contributed by atoms with Crippen LogP contribution < -0.4 is 5.32 Å². The van der Waals surface area contributed by atoms with Crippen LogP contribution in [0.15, 0.2) is 24.3 Å². The first kappa shape index (κ1) is 17.1. The highest BCUT2D eigenvalue weighted by atomic mass is 16.5. The molecule has 0 fully saturated rings. The molecule has 2 aromatic rings. The van der Waals surface area contributed by atoms with Gasteiger partial charge in [0, 0.05) is 10.9 Å². The van der Waals surface area contributed by atoms with Gasteiger partial charge in [-0.15, -0.1) is 0 Å². The van der Waals surface area contributed by atoms with Gasteiger partial charge in [-0.2, -0.15) is 0 Å². The summed E-state index contributed by atoms with van der Waals surface area (Å²) in [6, 6.07) is 7.90. The average molecular weight is 316 g/mol. The summed E-state index contributed by atoms with van der Waals surface area (Å²) in [6.45, 7) is 9.83. The predicted octanol–water partition coefficient (Wildman–Crippen LogP) is 3.15. The first-order valence-electron chi connectivity index (χ1n) is 7.78. The zero-order chi connectivity index (χ0) is 17.2. The number of benzene rings is 1. The summed E-state index contributed by atoms with van der Waals surface area (Å²) in [5.74, 6) is -0.765. The molecule has 1 aromatic carbocycles. The largest absolute Gasteiger partial charge is 0.462 e. The molecule has 0 unspecified atom stereocenters. The van der Waals surface area contributed by atoms with E-state index in [4.69, 9.17) is 4.74 Å². The van der Waals surface area contributed by atoms with Crippen LogP contribution in [0, 0.1) is 0 Å². The standard InChI is InChI=1S/C18H24N2O3/c1-11(2)23-16(21)10-19-17(22)15-8-12-6-7-13(18(3,4)5)9-14(12)20-15/h6-9,11,20H,10H2,1-5H3,(H,19,22). The molecule has 0 saturated heterocycles. The van der Waals surface area contributed by atoms with E-state index in [0.717, 1.165) is 10.9 Å². The lowest BCUT2D eigenvalue weighted by Crippen LogP contribution is -2.31. The van der Waals surface area contributed by atoms with Crippen molar-refractivity contribution in [3.05, 3.63) is 35.5 Å². The number of ether oxygens (including phenoxy) is 1. The van der Waals surface area contributed by atoms with Crippen molar-refractivity contribution in [2.24, 2.45) is 0 Å². The highest BCUT2D eigenvalue weighted by molar-refractivity contribution is 5.99. The number of aromatic amines is 1. The van der Waals surface area contributed by atoms with E-state index in [0.29, 0.717) is 5.69 Å². The third-order valence-electron chi connectivity index (χ3n) is 3.49. The lowest BCUT2D eigenvalue weighted by molar-refractivity contribution is -0.146. The third-order valence-corrected chi connectivity index (χ3v) is 3.49. The summed E-state index contributed by atoms with van der Waals surface area (Å²) >= 11 is 0. The topological polar surface area (TPSA) is 71.2 Å². The van der Waals surface area contributed by atoms with Crippen molar-refractivity contribution in [2.45, 2.75) is 46.1 Å². The lowest BCUT2D eigenvalue weighted by Gasteiger charge is -2.18. The van der Waals surface area contributed by atoms with Crippen LogP contribution in [0.5, 0.6) is 0 Å². The van der Waals surface area contributed by atoms with E-state index >= 15 is 0 Å². The molecule has 5 heteroatoms. The molecule has 0 aliphatic rings. The van der Waals surface area contributed by atoms with Gasteiger partial charge in [0.05, 0.1) is 6.10 Å². The van der Waals surface area contributed by atoms with Gasteiger partial charge in [-0.1, -0.05) is 32.9 Å². The first-order chi connectivity index (χ1) is 10.7. The van der Waals surface area contributed by atoms with Crippen LogP contribution in [-0.2, 0) is 14.9 Å². The number of carbonyl (C=O) groups excluding carboxylic acids is 2. The van der Waals surface area contributed by atoms with Crippen LogP contribution >= 0.6 is 0 Å². The number of esters is 1. The van der Waals surface area contributed by atoms with Gasteiger partial charge < -0.3 is 15.0 Å². The lowest BCUT2D eigenvalue weighted by atomic mass is 9.87. The summed E-state index contributed by atoms with van der Waals surface area (Å²) in [5, 5.41) is 3.53. The van der Waals surface area contributed by atoms with Gasteiger partial charge in [0.15, 0.2) is 0 Å². The molecule has 23 heavy (non-hydrogen) atoms. The van der Waals surface area contributed by atoms with Crippen LogP contribution in [-0.4, -0.2) is 29.5 Å². The van der Waals surface area contributed by atoms with E-state index in [1.165, 1.54) is 5.56 Å². The predicted molar refractivity (Wildman–Crippen MR) is 90.6 cm³/mol. The van der Waals surface area contributed by atoms with Gasteiger partial charge in [-0.25, -0.2) is 0 Å². The maximum Gasteiger partial charge on any atom is 0.325 e. The van der Waals surface area contributed by atoms with E-state index in [-0.39, 0.29) is 24.0 Å². The number of aromatic nitrogens is 1. The van der Waals surface area contributed by atoms with Crippen molar-refractivity contribution in [2.75, 3.05) is 6.54 Å². The second-order valence-electron chi connectivity index (χ2n) is 6.96. The van der Waals surface area contributed by atoms with Gasteiger partial charge in [0.2, 0.25) is 0 Å². The van der Waals surface area contributed by atoms with Gasteiger partial charge >= 0.3 is 5.97 Å². The van der Waals surface area contributed by atoms with E-state index in [1.54, 1.807) is 19.9 Å². The Hall–Kier alpha value is -2.30. The second kappa shape index (κ2) is 6.44. The summed E-state index contributed by atoms with van der Waals surface area (Å²) in [5.41, 5.74) is 2.58. The minimum absolute atomic E-state index is 0.0440. The minimum atomic E-state index is -0.445.